The molecule has 0 aliphatic carbocycles. The second-order valence-electron chi connectivity index (χ2n) is 4.59. The quantitative estimate of drug-likeness (QED) is 0.681. The highest BCUT2D eigenvalue weighted by molar-refractivity contribution is 5.46. The van der Waals surface area contributed by atoms with Crippen molar-refractivity contribution in [2.75, 3.05) is 17.7 Å². The molecular formula is C13H14N6O. The monoisotopic (exact) mass is 270 g/mol. The van der Waals surface area contributed by atoms with Gasteiger partial charge < -0.3 is 10.6 Å². The molecule has 7 nitrogen and oxygen atoms in total. The van der Waals surface area contributed by atoms with Crippen molar-refractivity contribution in [3.63, 3.8) is 0 Å². The second-order valence-corrected chi connectivity index (χ2v) is 4.59. The minimum absolute atomic E-state index is 0.348. The van der Waals surface area contributed by atoms with Gasteiger partial charge in [0.25, 0.3) is 0 Å². The van der Waals surface area contributed by atoms with E-state index in [1.54, 1.807) is 6.07 Å². The molecule has 0 radical (unpaired) electrons. The van der Waals surface area contributed by atoms with Crippen molar-refractivity contribution in [1.29, 1.82) is 0 Å². The average molecular weight is 270 g/mol. The Morgan fingerprint density at radius 3 is 3.00 bits per heavy atom. The molecule has 0 unspecified atom stereocenters. The number of nitrogens with zero attached hydrogens (tertiary/aromatic N) is 4. The molecule has 0 amide bonds. The molecule has 3 N–H and O–H groups in total. The summed E-state index contributed by atoms with van der Waals surface area (Å²) in [5.74, 6) is 0.684. The van der Waals surface area contributed by atoms with E-state index in [2.05, 4.69) is 15.3 Å². The van der Waals surface area contributed by atoms with Crippen molar-refractivity contribution in [3.05, 3.63) is 52.4 Å². The summed E-state index contributed by atoms with van der Waals surface area (Å²) in [5.41, 5.74) is 7.71. The van der Waals surface area contributed by atoms with Gasteiger partial charge in [-0.15, -0.1) is 5.10 Å². The predicted octanol–water partition coefficient (Wildman–Crippen LogP) is 0.636. The third kappa shape index (κ3) is 2.20. The van der Waals surface area contributed by atoms with Gasteiger partial charge in [0.2, 0.25) is 0 Å². The number of H-pyrrole nitrogens is 1. The molecule has 0 atom stereocenters. The van der Waals surface area contributed by atoms with Crippen LogP contribution in [0.15, 0.2) is 41.2 Å². The van der Waals surface area contributed by atoms with Crippen LogP contribution in [0.1, 0.15) is 5.56 Å². The number of benzene rings is 1. The van der Waals surface area contributed by atoms with E-state index < -0.39 is 0 Å². The Labute approximate surface area is 114 Å². The minimum Gasteiger partial charge on any atom is -0.399 e. The van der Waals surface area contributed by atoms with Crippen LogP contribution in [0.3, 0.4) is 0 Å². The molecule has 0 fully saturated rings. The molecule has 2 aromatic heterocycles. The maximum absolute atomic E-state index is 11.5. The summed E-state index contributed by atoms with van der Waals surface area (Å²) in [6, 6.07) is 11.2. The van der Waals surface area contributed by atoms with Crippen LogP contribution in [-0.2, 0) is 6.54 Å². The Morgan fingerprint density at radius 2 is 2.20 bits per heavy atom. The van der Waals surface area contributed by atoms with E-state index in [0.29, 0.717) is 18.0 Å². The van der Waals surface area contributed by atoms with Gasteiger partial charge >= 0.3 is 5.69 Å². The van der Waals surface area contributed by atoms with Gasteiger partial charge in [0.1, 0.15) is 5.82 Å². The van der Waals surface area contributed by atoms with Crippen molar-refractivity contribution >= 4 is 17.2 Å². The van der Waals surface area contributed by atoms with Gasteiger partial charge in [0.05, 0.1) is 0 Å². The van der Waals surface area contributed by atoms with Gasteiger partial charge in [-0.2, -0.15) is 9.61 Å². The zero-order valence-corrected chi connectivity index (χ0v) is 10.9. The van der Waals surface area contributed by atoms with Crippen molar-refractivity contribution in [1.82, 2.24) is 19.8 Å². The zero-order chi connectivity index (χ0) is 14.1. The van der Waals surface area contributed by atoms with E-state index in [-0.39, 0.29) is 5.69 Å². The number of anilines is 2. The number of aromatic nitrogens is 4. The fraction of sp³-hybridized carbons (Fsp3) is 0.154. The zero-order valence-electron chi connectivity index (χ0n) is 10.9. The second kappa shape index (κ2) is 4.69. The fourth-order valence-corrected chi connectivity index (χ4v) is 2.04. The molecular weight excluding hydrogens is 256 g/mol. The van der Waals surface area contributed by atoms with Crippen LogP contribution in [0.25, 0.3) is 5.65 Å². The Kier molecular flexibility index (Phi) is 2.86. The highest BCUT2D eigenvalue weighted by Gasteiger charge is 2.07. The van der Waals surface area contributed by atoms with Crippen LogP contribution in [0.2, 0.25) is 0 Å². The van der Waals surface area contributed by atoms with Crippen molar-refractivity contribution < 1.29 is 0 Å². The van der Waals surface area contributed by atoms with Gasteiger partial charge in [-0.05, 0) is 29.8 Å². The molecule has 7 heteroatoms. The molecule has 0 saturated carbocycles. The maximum Gasteiger partial charge on any atom is 0.364 e. The smallest absolute Gasteiger partial charge is 0.364 e. The van der Waals surface area contributed by atoms with Crippen molar-refractivity contribution in [2.24, 2.45) is 0 Å². The lowest BCUT2D eigenvalue weighted by Gasteiger charge is -2.18. The molecule has 0 bridgehead atoms. The summed E-state index contributed by atoms with van der Waals surface area (Å²) in [7, 11) is 1.91. The van der Waals surface area contributed by atoms with E-state index >= 15 is 0 Å². The number of nitrogens with one attached hydrogen (secondary N) is 1. The van der Waals surface area contributed by atoms with E-state index in [0.717, 1.165) is 11.3 Å². The third-order valence-electron chi connectivity index (χ3n) is 3.02. The van der Waals surface area contributed by atoms with Gasteiger partial charge in [0.15, 0.2) is 5.65 Å². The van der Waals surface area contributed by atoms with Crippen LogP contribution in [0.4, 0.5) is 11.5 Å². The fourth-order valence-electron chi connectivity index (χ4n) is 2.04. The van der Waals surface area contributed by atoms with Gasteiger partial charge in [0, 0.05) is 19.3 Å². The van der Waals surface area contributed by atoms with E-state index in [4.69, 9.17) is 5.73 Å². The largest absolute Gasteiger partial charge is 0.399 e. The molecule has 3 aromatic rings. The molecule has 0 spiro atoms. The number of hydrogen-bond acceptors (Lipinski definition) is 5. The predicted molar refractivity (Wildman–Crippen MR) is 76.6 cm³/mol. The lowest BCUT2D eigenvalue weighted by Crippen LogP contribution is -2.21. The number of nitrogen functional groups attached to an aromatic ring is 1. The van der Waals surface area contributed by atoms with E-state index in [1.165, 1.54) is 4.52 Å². The Morgan fingerprint density at radius 1 is 1.35 bits per heavy atom. The first-order valence-electron chi connectivity index (χ1n) is 6.13. The first-order chi connectivity index (χ1) is 9.63. The summed E-state index contributed by atoms with van der Waals surface area (Å²) in [6.07, 6.45) is 0. The van der Waals surface area contributed by atoms with Crippen LogP contribution in [0.5, 0.6) is 0 Å². The molecule has 0 saturated heterocycles. The van der Waals surface area contributed by atoms with Crippen LogP contribution in [-0.4, -0.2) is 26.9 Å². The molecule has 102 valence electrons. The van der Waals surface area contributed by atoms with Crippen molar-refractivity contribution in [3.8, 4) is 0 Å². The Bertz CT molecular complexity index is 806. The molecule has 0 aliphatic heterocycles. The normalized spacial score (nSPS) is 10.8. The highest BCUT2D eigenvalue weighted by Crippen LogP contribution is 2.14. The number of aromatic amines is 1. The maximum atomic E-state index is 11.5. The SMILES string of the molecule is CN(Cc1cccc(N)c1)c1ccc2n[nH]c(=O)n2n1. The number of nitrogens with two attached hydrogens (primary N) is 1. The molecule has 20 heavy (non-hydrogen) atoms. The topological polar surface area (TPSA) is 92.3 Å². The number of hydrogen-bond donors (Lipinski definition) is 2. The first kappa shape index (κ1) is 12.2. The Hall–Kier alpha value is -2.83. The minimum atomic E-state index is -0.348. The summed E-state index contributed by atoms with van der Waals surface area (Å²) in [5, 5.41) is 10.5. The average Bonchev–Trinajstić information content (AvgIpc) is 2.80. The summed E-state index contributed by atoms with van der Waals surface area (Å²) >= 11 is 0. The lowest BCUT2D eigenvalue weighted by molar-refractivity contribution is 0.820. The summed E-state index contributed by atoms with van der Waals surface area (Å²) in [6.45, 7) is 0.649. The number of rotatable bonds is 3. The Balaban J connectivity index is 1.90. The molecule has 1 aromatic carbocycles. The van der Waals surface area contributed by atoms with Crippen LogP contribution >= 0.6 is 0 Å². The standard InChI is InChI=1S/C13H14N6O/c1-18(8-9-3-2-4-10(14)7-9)12-6-5-11-15-16-13(20)19(11)17-12/h2-7H,8,14H2,1H3,(H,16,20). The van der Waals surface area contributed by atoms with Crippen LogP contribution < -0.4 is 16.3 Å². The van der Waals surface area contributed by atoms with Crippen molar-refractivity contribution in [2.45, 2.75) is 6.54 Å². The highest BCUT2D eigenvalue weighted by atomic mass is 16.2. The summed E-state index contributed by atoms with van der Waals surface area (Å²) < 4.78 is 1.24. The van der Waals surface area contributed by atoms with Gasteiger partial charge in [-0.1, -0.05) is 12.1 Å². The third-order valence-corrected chi connectivity index (χ3v) is 3.02. The molecule has 3 rings (SSSR count). The van der Waals surface area contributed by atoms with Gasteiger partial charge in [-0.25, -0.2) is 9.89 Å². The molecule has 2 heterocycles. The lowest BCUT2D eigenvalue weighted by atomic mass is 10.2. The molecule has 0 aliphatic rings. The van der Waals surface area contributed by atoms with E-state index in [1.807, 2.05) is 42.3 Å². The number of fused-ring (bicyclic) bond motifs is 1. The first-order valence-corrected chi connectivity index (χ1v) is 6.13. The van der Waals surface area contributed by atoms with Crippen LogP contribution in [0, 0.1) is 0 Å². The van der Waals surface area contributed by atoms with Gasteiger partial charge in [-0.3, -0.25) is 0 Å². The summed E-state index contributed by atoms with van der Waals surface area (Å²) in [4.78, 5) is 13.4. The van der Waals surface area contributed by atoms with E-state index in [9.17, 15) is 4.79 Å².